The maximum atomic E-state index is 12.0. The highest BCUT2D eigenvalue weighted by Crippen LogP contribution is 2.18. The quantitative estimate of drug-likeness (QED) is 0.375. The normalized spacial score (nSPS) is 13.5. The van der Waals surface area contributed by atoms with Gasteiger partial charge in [-0.25, -0.2) is 0 Å². The van der Waals surface area contributed by atoms with E-state index in [4.69, 9.17) is 4.42 Å². The molecule has 1 aromatic heterocycles. The molecule has 1 heterocycles. The summed E-state index contributed by atoms with van der Waals surface area (Å²) in [7, 11) is 0. The molecule has 0 amide bonds. The number of nitrogens with zero attached hydrogens (tertiary/aromatic N) is 1. The fraction of sp³-hybridized carbons (Fsp3) is 0.583. The Morgan fingerprint density at radius 1 is 1.43 bits per heavy atom. The highest BCUT2D eigenvalue weighted by atomic mass is 127. The van der Waals surface area contributed by atoms with Gasteiger partial charge in [0.2, 0.25) is 0 Å². The van der Waals surface area contributed by atoms with Crippen LogP contribution in [-0.2, 0) is 0 Å². The molecule has 0 aliphatic rings. The third-order valence-electron chi connectivity index (χ3n) is 2.34. The largest absolute Gasteiger partial charge is 0.467 e. The summed E-state index contributed by atoms with van der Waals surface area (Å²) in [6, 6.07) is 3.24. The Morgan fingerprint density at radius 2 is 2.14 bits per heavy atom. The van der Waals surface area contributed by atoms with Gasteiger partial charge in [0.1, 0.15) is 11.9 Å². The SMILES string of the molecule is CCNC(=NCC(O)c1ccco1)NCCC(F)(F)F.I. The molecule has 9 heteroatoms. The lowest BCUT2D eigenvalue weighted by atomic mass is 10.3. The van der Waals surface area contributed by atoms with Crippen LogP contribution in [0.1, 0.15) is 25.2 Å². The molecule has 21 heavy (non-hydrogen) atoms. The van der Waals surface area contributed by atoms with Crippen LogP contribution in [0.25, 0.3) is 0 Å². The van der Waals surface area contributed by atoms with Crippen LogP contribution in [0.5, 0.6) is 0 Å². The molecule has 0 saturated heterocycles. The lowest BCUT2D eigenvalue weighted by Gasteiger charge is -2.13. The summed E-state index contributed by atoms with van der Waals surface area (Å²) in [4.78, 5) is 4.01. The van der Waals surface area contributed by atoms with Crippen LogP contribution < -0.4 is 10.6 Å². The van der Waals surface area contributed by atoms with Crippen LogP contribution >= 0.6 is 24.0 Å². The van der Waals surface area contributed by atoms with Crippen molar-refractivity contribution < 1.29 is 22.7 Å². The summed E-state index contributed by atoms with van der Waals surface area (Å²) in [5.41, 5.74) is 0. The average Bonchev–Trinajstić information content (AvgIpc) is 2.88. The number of guanidine groups is 1. The molecule has 1 atom stereocenters. The predicted molar refractivity (Wildman–Crippen MR) is 83.7 cm³/mol. The minimum Gasteiger partial charge on any atom is -0.467 e. The van der Waals surface area contributed by atoms with Gasteiger partial charge >= 0.3 is 6.18 Å². The van der Waals surface area contributed by atoms with Gasteiger partial charge in [-0.1, -0.05) is 0 Å². The molecule has 0 bridgehead atoms. The molecule has 0 aliphatic carbocycles. The van der Waals surface area contributed by atoms with Gasteiger partial charge in [0, 0.05) is 13.1 Å². The summed E-state index contributed by atoms with van der Waals surface area (Å²) in [6.45, 7) is 2.03. The number of hydrogen-bond acceptors (Lipinski definition) is 3. The molecule has 1 rings (SSSR count). The van der Waals surface area contributed by atoms with E-state index in [0.717, 1.165) is 0 Å². The standard InChI is InChI=1S/C12H18F3N3O2.HI/c1-2-16-11(17-6-5-12(13,14)15)18-8-9(19)10-4-3-7-20-10;/h3-4,7,9,19H,2,5-6,8H2,1H3,(H2,16,17,18);1H. The summed E-state index contributed by atoms with van der Waals surface area (Å²) < 4.78 is 41.1. The van der Waals surface area contributed by atoms with E-state index < -0.39 is 18.7 Å². The van der Waals surface area contributed by atoms with E-state index >= 15 is 0 Å². The van der Waals surface area contributed by atoms with Crippen molar-refractivity contribution in [1.29, 1.82) is 0 Å². The van der Waals surface area contributed by atoms with Gasteiger partial charge in [0.15, 0.2) is 5.96 Å². The number of aliphatic hydroxyl groups is 1. The van der Waals surface area contributed by atoms with Crippen LogP contribution in [0.2, 0.25) is 0 Å². The van der Waals surface area contributed by atoms with Gasteiger partial charge < -0.3 is 20.2 Å². The second-order valence-corrected chi connectivity index (χ2v) is 4.04. The number of aliphatic hydroxyl groups excluding tert-OH is 1. The van der Waals surface area contributed by atoms with Gasteiger partial charge in [-0.2, -0.15) is 13.2 Å². The number of rotatable bonds is 6. The van der Waals surface area contributed by atoms with E-state index in [1.807, 2.05) is 0 Å². The Kier molecular flexibility index (Phi) is 9.42. The molecular weight excluding hydrogens is 402 g/mol. The Balaban J connectivity index is 0.00000400. The summed E-state index contributed by atoms with van der Waals surface area (Å²) in [5, 5.41) is 15.1. The van der Waals surface area contributed by atoms with Crippen LogP contribution in [0.3, 0.4) is 0 Å². The lowest BCUT2D eigenvalue weighted by Crippen LogP contribution is -2.39. The minimum absolute atomic E-state index is 0. The molecule has 0 radical (unpaired) electrons. The molecule has 1 aromatic rings. The van der Waals surface area contributed by atoms with Crippen LogP contribution in [-0.4, -0.2) is 36.9 Å². The number of halogens is 4. The molecule has 122 valence electrons. The van der Waals surface area contributed by atoms with Crippen molar-refractivity contribution in [3.63, 3.8) is 0 Å². The highest BCUT2D eigenvalue weighted by molar-refractivity contribution is 14.0. The number of hydrogen-bond donors (Lipinski definition) is 3. The molecule has 5 nitrogen and oxygen atoms in total. The van der Waals surface area contributed by atoms with Crippen molar-refractivity contribution in [2.75, 3.05) is 19.6 Å². The Bertz CT molecular complexity index is 410. The first-order valence-corrected chi connectivity index (χ1v) is 6.22. The van der Waals surface area contributed by atoms with Crippen LogP contribution in [0, 0.1) is 0 Å². The van der Waals surface area contributed by atoms with Gasteiger partial charge in [0.25, 0.3) is 0 Å². The molecule has 0 fully saturated rings. The highest BCUT2D eigenvalue weighted by Gasteiger charge is 2.26. The fourth-order valence-corrected chi connectivity index (χ4v) is 1.41. The molecular formula is C12H19F3IN3O2. The van der Waals surface area contributed by atoms with E-state index in [1.54, 1.807) is 19.1 Å². The maximum absolute atomic E-state index is 12.0. The molecule has 3 N–H and O–H groups in total. The third kappa shape index (κ3) is 8.81. The fourth-order valence-electron chi connectivity index (χ4n) is 1.41. The predicted octanol–water partition coefficient (Wildman–Crippen LogP) is 2.44. The molecule has 0 saturated carbocycles. The van der Waals surface area contributed by atoms with E-state index in [1.165, 1.54) is 6.26 Å². The molecule has 0 spiro atoms. The van der Waals surface area contributed by atoms with Gasteiger partial charge in [0.05, 0.1) is 19.2 Å². The Morgan fingerprint density at radius 3 is 2.67 bits per heavy atom. The average molecular weight is 421 g/mol. The third-order valence-corrected chi connectivity index (χ3v) is 2.34. The van der Waals surface area contributed by atoms with Crippen molar-refractivity contribution in [2.24, 2.45) is 4.99 Å². The summed E-state index contributed by atoms with van der Waals surface area (Å²) >= 11 is 0. The zero-order chi connectivity index (χ0) is 15.0. The number of nitrogens with one attached hydrogen (secondary N) is 2. The van der Waals surface area contributed by atoms with Crippen molar-refractivity contribution >= 4 is 29.9 Å². The van der Waals surface area contributed by atoms with E-state index in [9.17, 15) is 18.3 Å². The van der Waals surface area contributed by atoms with E-state index in [-0.39, 0.29) is 43.0 Å². The van der Waals surface area contributed by atoms with Crippen molar-refractivity contribution in [1.82, 2.24) is 10.6 Å². The van der Waals surface area contributed by atoms with Gasteiger partial charge in [-0.05, 0) is 19.1 Å². The van der Waals surface area contributed by atoms with E-state index in [0.29, 0.717) is 12.3 Å². The van der Waals surface area contributed by atoms with Crippen molar-refractivity contribution in [3.8, 4) is 0 Å². The zero-order valence-corrected chi connectivity index (χ0v) is 13.8. The maximum Gasteiger partial charge on any atom is 0.390 e. The second kappa shape index (κ2) is 9.87. The zero-order valence-electron chi connectivity index (χ0n) is 11.5. The number of aliphatic imine (C=N–C) groups is 1. The Labute approximate surface area is 138 Å². The molecule has 1 unspecified atom stereocenters. The topological polar surface area (TPSA) is 69.8 Å². The Hall–Kier alpha value is -0.970. The summed E-state index contributed by atoms with van der Waals surface area (Å²) in [5.74, 6) is 0.585. The van der Waals surface area contributed by atoms with E-state index in [2.05, 4.69) is 15.6 Å². The van der Waals surface area contributed by atoms with Crippen molar-refractivity contribution in [2.45, 2.75) is 25.6 Å². The molecule has 0 aliphatic heterocycles. The first-order chi connectivity index (χ1) is 9.42. The first-order valence-electron chi connectivity index (χ1n) is 6.22. The lowest BCUT2D eigenvalue weighted by molar-refractivity contribution is -0.132. The second-order valence-electron chi connectivity index (χ2n) is 4.04. The van der Waals surface area contributed by atoms with Gasteiger partial charge in [-0.15, -0.1) is 24.0 Å². The number of alkyl halides is 3. The minimum atomic E-state index is -4.21. The molecule has 0 aromatic carbocycles. The van der Waals surface area contributed by atoms with Crippen LogP contribution in [0.4, 0.5) is 13.2 Å². The monoisotopic (exact) mass is 421 g/mol. The first kappa shape index (κ1) is 20.0. The van der Waals surface area contributed by atoms with Crippen molar-refractivity contribution in [3.05, 3.63) is 24.2 Å². The summed E-state index contributed by atoms with van der Waals surface area (Å²) in [6.07, 6.45) is -4.66. The number of furan rings is 1. The van der Waals surface area contributed by atoms with Gasteiger partial charge in [-0.3, -0.25) is 4.99 Å². The van der Waals surface area contributed by atoms with Crippen LogP contribution in [0.15, 0.2) is 27.8 Å². The smallest absolute Gasteiger partial charge is 0.390 e.